The summed E-state index contributed by atoms with van der Waals surface area (Å²) in [6.07, 6.45) is 2.86. The minimum atomic E-state index is -0.472. The highest BCUT2D eigenvalue weighted by Gasteiger charge is 2.10. The number of allylic oxidation sites excluding steroid dienone is 1. The molecule has 2 N–H and O–H groups in total. The van der Waals surface area contributed by atoms with Crippen LogP contribution >= 0.6 is 0 Å². The molecule has 0 fully saturated rings. The molecular formula is C8H15NO2. The molecule has 3 heteroatoms. The quantitative estimate of drug-likeness (QED) is 0.571. The van der Waals surface area contributed by atoms with Gasteiger partial charge in [-0.1, -0.05) is 6.08 Å². The van der Waals surface area contributed by atoms with Crippen LogP contribution in [-0.4, -0.2) is 25.5 Å². The fourth-order valence-electron chi connectivity index (χ4n) is 0.702. The minimum Gasteiger partial charge on any atom is -0.383 e. The third-order valence-electron chi connectivity index (χ3n) is 1.35. The second-order valence-electron chi connectivity index (χ2n) is 2.36. The van der Waals surface area contributed by atoms with Crippen LogP contribution in [0.25, 0.3) is 0 Å². The molecule has 0 spiro atoms. The molecule has 1 atom stereocenters. The number of carbonyl (C=O) groups is 1. The number of ketones is 1. The number of rotatable bonds is 6. The molecule has 0 aliphatic carbocycles. The maximum absolute atomic E-state index is 11.0. The Morgan fingerprint density at radius 2 is 2.45 bits per heavy atom. The molecule has 0 aromatic rings. The fraction of sp³-hybridized carbons (Fsp3) is 0.625. The van der Waals surface area contributed by atoms with Gasteiger partial charge in [-0.2, -0.15) is 0 Å². The van der Waals surface area contributed by atoms with E-state index in [9.17, 15) is 4.79 Å². The van der Waals surface area contributed by atoms with E-state index in [0.717, 1.165) is 0 Å². The van der Waals surface area contributed by atoms with Crippen LogP contribution in [-0.2, 0) is 9.53 Å². The van der Waals surface area contributed by atoms with E-state index in [0.29, 0.717) is 19.4 Å². The second-order valence-corrected chi connectivity index (χ2v) is 2.36. The zero-order valence-corrected chi connectivity index (χ0v) is 6.88. The average molecular weight is 157 g/mol. The number of nitrogens with two attached hydrogens (primary N) is 1. The maximum Gasteiger partial charge on any atom is 0.152 e. The molecule has 0 bridgehead atoms. The van der Waals surface area contributed by atoms with Crippen molar-refractivity contribution in [3.8, 4) is 0 Å². The highest BCUT2D eigenvalue weighted by molar-refractivity contribution is 5.83. The first-order valence-corrected chi connectivity index (χ1v) is 3.60. The Morgan fingerprint density at radius 3 is 2.91 bits per heavy atom. The van der Waals surface area contributed by atoms with Crippen molar-refractivity contribution < 1.29 is 9.53 Å². The van der Waals surface area contributed by atoms with Crippen LogP contribution in [0.4, 0.5) is 0 Å². The van der Waals surface area contributed by atoms with Crippen molar-refractivity contribution >= 4 is 5.78 Å². The van der Waals surface area contributed by atoms with Gasteiger partial charge in [0.2, 0.25) is 0 Å². The van der Waals surface area contributed by atoms with Crippen molar-refractivity contribution in [2.45, 2.75) is 18.9 Å². The van der Waals surface area contributed by atoms with Gasteiger partial charge in [0.05, 0.1) is 12.6 Å². The van der Waals surface area contributed by atoms with E-state index in [1.807, 2.05) is 0 Å². The van der Waals surface area contributed by atoms with E-state index in [2.05, 4.69) is 6.58 Å². The number of carbonyl (C=O) groups excluding carboxylic acids is 1. The number of hydrogen-bond donors (Lipinski definition) is 1. The summed E-state index contributed by atoms with van der Waals surface area (Å²) < 4.78 is 4.73. The lowest BCUT2D eigenvalue weighted by Crippen LogP contribution is -2.34. The molecule has 64 valence electrons. The predicted octanol–water partition coefficient (Wildman–Crippen LogP) is 0.495. The Kier molecular flexibility index (Phi) is 5.70. The first-order chi connectivity index (χ1) is 5.22. The van der Waals surface area contributed by atoms with Gasteiger partial charge in [0.25, 0.3) is 0 Å². The topological polar surface area (TPSA) is 52.3 Å². The van der Waals surface area contributed by atoms with E-state index in [1.54, 1.807) is 6.08 Å². The molecule has 0 aliphatic heterocycles. The molecule has 0 aromatic heterocycles. The number of methoxy groups -OCH3 is 1. The summed E-state index contributed by atoms with van der Waals surface area (Å²) >= 11 is 0. The van der Waals surface area contributed by atoms with E-state index in [4.69, 9.17) is 10.5 Å². The lowest BCUT2D eigenvalue weighted by atomic mass is 10.1. The van der Waals surface area contributed by atoms with Crippen molar-refractivity contribution in [2.24, 2.45) is 5.73 Å². The maximum atomic E-state index is 11.0. The van der Waals surface area contributed by atoms with Crippen LogP contribution in [0.2, 0.25) is 0 Å². The Hall–Kier alpha value is -0.670. The van der Waals surface area contributed by atoms with Gasteiger partial charge in [0.1, 0.15) is 0 Å². The Morgan fingerprint density at radius 1 is 1.82 bits per heavy atom. The average Bonchev–Trinajstić information content (AvgIpc) is 2.00. The largest absolute Gasteiger partial charge is 0.383 e. The fourth-order valence-corrected chi connectivity index (χ4v) is 0.702. The SMILES string of the molecule is C=CCCC(=O)C(N)COC. The molecular weight excluding hydrogens is 142 g/mol. The van der Waals surface area contributed by atoms with Crippen LogP contribution in [0.5, 0.6) is 0 Å². The van der Waals surface area contributed by atoms with Gasteiger partial charge in [-0.05, 0) is 6.42 Å². The van der Waals surface area contributed by atoms with Gasteiger partial charge in [-0.25, -0.2) is 0 Å². The summed E-state index contributed by atoms with van der Waals surface area (Å²) in [7, 11) is 1.53. The van der Waals surface area contributed by atoms with E-state index in [1.165, 1.54) is 7.11 Å². The van der Waals surface area contributed by atoms with E-state index < -0.39 is 6.04 Å². The standard InChI is InChI=1S/C8H15NO2/c1-3-4-5-8(10)7(9)6-11-2/h3,7H,1,4-6,9H2,2H3. The van der Waals surface area contributed by atoms with Crippen molar-refractivity contribution in [2.75, 3.05) is 13.7 Å². The molecule has 1 unspecified atom stereocenters. The lowest BCUT2D eigenvalue weighted by molar-refractivity contribution is -0.121. The summed E-state index contributed by atoms with van der Waals surface area (Å²) in [6, 6.07) is -0.472. The van der Waals surface area contributed by atoms with Crippen molar-refractivity contribution in [1.82, 2.24) is 0 Å². The van der Waals surface area contributed by atoms with Crippen molar-refractivity contribution in [3.63, 3.8) is 0 Å². The van der Waals surface area contributed by atoms with Gasteiger partial charge in [0, 0.05) is 13.5 Å². The zero-order chi connectivity index (χ0) is 8.69. The lowest BCUT2D eigenvalue weighted by Gasteiger charge is -2.07. The highest BCUT2D eigenvalue weighted by atomic mass is 16.5. The van der Waals surface area contributed by atoms with E-state index >= 15 is 0 Å². The second kappa shape index (κ2) is 6.07. The van der Waals surface area contributed by atoms with E-state index in [-0.39, 0.29) is 5.78 Å². The molecule has 0 aromatic carbocycles. The molecule has 0 rings (SSSR count). The van der Waals surface area contributed by atoms with Gasteiger partial charge >= 0.3 is 0 Å². The first kappa shape index (κ1) is 10.3. The third-order valence-corrected chi connectivity index (χ3v) is 1.35. The van der Waals surface area contributed by atoms with Crippen LogP contribution in [0, 0.1) is 0 Å². The molecule has 0 saturated carbocycles. The predicted molar refractivity (Wildman–Crippen MR) is 44.3 cm³/mol. The molecule has 3 nitrogen and oxygen atoms in total. The van der Waals surface area contributed by atoms with Crippen LogP contribution < -0.4 is 5.73 Å². The minimum absolute atomic E-state index is 0.0340. The summed E-state index contributed by atoms with van der Waals surface area (Å²) in [4.78, 5) is 11.0. The summed E-state index contributed by atoms with van der Waals surface area (Å²) in [6.45, 7) is 3.82. The van der Waals surface area contributed by atoms with Gasteiger partial charge in [0.15, 0.2) is 5.78 Å². The summed E-state index contributed by atoms with van der Waals surface area (Å²) in [5, 5.41) is 0. The molecule has 0 aliphatic rings. The first-order valence-electron chi connectivity index (χ1n) is 3.60. The number of Topliss-reactive ketones (excluding diaryl/α,β-unsaturated/α-hetero) is 1. The van der Waals surface area contributed by atoms with Crippen LogP contribution in [0.3, 0.4) is 0 Å². The highest BCUT2D eigenvalue weighted by Crippen LogP contribution is 1.94. The Bertz CT molecular complexity index is 134. The van der Waals surface area contributed by atoms with Gasteiger partial charge < -0.3 is 10.5 Å². The van der Waals surface area contributed by atoms with Crippen molar-refractivity contribution in [1.29, 1.82) is 0 Å². The van der Waals surface area contributed by atoms with Gasteiger partial charge in [-0.3, -0.25) is 4.79 Å². The smallest absolute Gasteiger partial charge is 0.152 e. The molecule has 0 heterocycles. The third kappa shape index (κ3) is 4.70. The van der Waals surface area contributed by atoms with Crippen LogP contribution in [0.15, 0.2) is 12.7 Å². The normalized spacial score (nSPS) is 12.5. The molecule has 0 radical (unpaired) electrons. The van der Waals surface area contributed by atoms with Crippen LogP contribution in [0.1, 0.15) is 12.8 Å². The summed E-state index contributed by atoms with van der Waals surface area (Å²) in [5.41, 5.74) is 5.46. The monoisotopic (exact) mass is 157 g/mol. The molecule has 0 amide bonds. The number of ether oxygens (including phenoxy) is 1. The Labute approximate surface area is 67.2 Å². The molecule has 0 saturated heterocycles. The Balaban J connectivity index is 3.54. The molecule has 11 heavy (non-hydrogen) atoms. The number of hydrogen-bond acceptors (Lipinski definition) is 3. The van der Waals surface area contributed by atoms with Gasteiger partial charge in [-0.15, -0.1) is 6.58 Å². The van der Waals surface area contributed by atoms with Crippen molar-refractivity contribution in [3.05, 3.63) is 12.7 Å². The summed E-state index contributed by atoms with van der Waals surface area (Å²) in [5.74, 6) is 0.0340. The zero-order valence-electron chi connectivity index (χ0n) is 6.88.